The van der Waals surface area contributed by atoms with E-state index in [9.17, 15) is 4.79 Å². The zero-order valence-electron chi connectivity index (χ0n) is 5.12. The highest BCUT2D eigenvalue weighted by molar-refractivity contribution is 5.80. The van der Waals surface area contributed by atoms with Crippen LogP contribution in [0.5, 0.6) is 0 Å². The molecule has 1 amide bonds. The number of amides is 1. The number of carbonyl (C=O) groups is 1. The molecule has 0 saturated carbocycles. The molecule has 2 N–H and O–H groups in total. The van der Waals surface area contributed by atoms with Crippen LogP contribution in [0.15, 0.2) is 0 Å². The molecule has 1 rings (SSSR count). The van der Waals surface area contributed by atoms with Crippen molar-refractivity contribution in [2.45, 2.75) is 19.5 Å². The summed E-state index contributed by atoms with van der Waals surface area (Å²) >= 11 is 0. The molecule has 0 aliphatic carbocycles. The first-order valence-corrected chi connectivity index (χ1v) is 2.66. The summed E-state index contributed by atoms with van der Waals surface area (Å²) in [6.07, 6.45) is 0. The van der Waals surface area contributed by atoms with Crippen molar-refractivity contribution in [2.24, 2.45) is 0 Å². The van der Waals surface area contributed by atoms with Gasteiger partial charge in [0.1, 0.15) is 0 Å². The Balaban J connectivity index is 2.56. The smallest absolute Gasteiger partial charge is 0.235 e. The van der Waals surface area contributed by atoms with Gasteiger partial charge < -0.3 is 5.32 Å². The van der Waals surface area contributed by atoms with Crippen LogP contribution in [0, 0.1) is 0 Å². The normalized spacial score (nSPS) is 25.5. The van der Waals surface area contributed by atoms with E-state index >= 15 is 0 Å². The molecule has 1 saturated heterocycles. The fourth-order valence-corrected chi connectivity index (χ4v) is 0.738. The first kappa shape index (κ1) is 5.56. The van der Waals surface area contributed by atoms with Crippen LogP contribution < -0.4 is 10.6 Å². The lowest BCUT2D eigenvalue weighted by Crippen LogP contribution is -2.42. The van der Waals surface area contributed by atoms with Crippen LogP contribution in [0.3, 0.4) is 0 Å². The molecule has 0 aromatic rings. The Labute approximate surface area is 48.5 Å². The van der Waals surface area contributed by atoms with Gasteiger partial charge in [-0.05, 0) is 13.8 Å². The molecule has 0 aromatic heterocycles. The van der Waals surface area contributed by atoms with Crippen LogP contribution in [0.4, 0.5) is 0 Å². The van der Waals surface area contributed by atoms with E-state index in [4.69, 9.17) is 0 Å². The van der Waals surface area contributed by atoms with Crippen molar-refractivity contribution in [3.8, 4) is 0 Å². The van der Waals surface area contributed by atoms with Crippen LogP contribution in [0.25, 0.3) is 0 Å². The van der Waals surface area contributed by atoms with E-state index in [1.165, 1.54) is 0 Å². The molecule has 8 heavy (non-hydrogen) atoms. The Bertz CT molecular complexity index is 120. The lowest BCUT2D eigenvalue weighted by molar-refractivity contribution is -0.118. The van der Waals surface area contributed by atoms with E-state index < -0.39 is 0 Å². The van der Waals surface area contributed by atoms with Gasteiger partial charge in [-0.15, -0.1) is 0 Å². The van der Waals surface area contributed by atoms with Gasteiger partial charge in [0, 0.05) is 0 Å². The predicted octanol–water partition coefficient (Wildman–Crippen LogP) is -0.558. The van der Waals surface area contributed by atoms with Gasteiger partial charge in [0.15, 0.2) is 0 Å². The molecule has 1 aliphatic rings. The Kier molecular flexibility index (Phi) is 1.01. The maximum absolute atomic E-state index is 10.5. The third-order valence-electron chi connectivity index (χ3n) is 1.14. The van der Waals surface area contributed by atoms with Crippen molar-refractivity contribution in [3.05, 3.63) is 0 Å². The Morgan fingerprint density at radius 2 is 2.25 bits per heavy atom. The molecular weight excluding hydrogens is 104 g/mol. The molecule has 0 spiro atoms. The van der Waals surface area contributed by atoms with Crippen molar-refractivity contribution < 1.29 is 4.79 Å². The van der Waals surface area contributed by atoms with Gasteiger partial charge in [0.25, 0.3) is 0 Å². The highest BCUT2D eigenvalue weighted by Crippen LogP contribution is 1.99. The molecule has 1 fully saturated rings. The van der Waals surface area contributed by atoms with Crippen LogP contribution >= 0.6 is 0 Å². The summed E-state index contributed by atoms with van der Waals surface area (Å²) < 4.78 is 0. The molecule has 46 valence electrons. The fourth-order valence-electron chi connectivity index (χ4n) is 0.738. The van der Waals surface area contributed by atoms with Crippen LogP contribution in [0.1, 0.15) is 13.8 Å². The standard InChI is InChI=1S/C5H10N2O/c1-5(2)6-3-4(8)7-5/h6H,3H2,1-2H3,(H,7,8). The second kappa shape index (κ2) is 1.45. The van der Waals surface area contributed by atoms with Crippen LogP contribution in [-0.4, -0.2) is 18.1 Å². The van der Waals surface area contributed by atoms with Gasteiger partial charge in [-0.2, -0.15) is 0 Å². The van der Waals surface area contributed by atoms with Gasteiger partial charge in [-0.3, -0.25) is 10.1 Å². The van der Waals surface area contributed by atoms with E-state index in [1.807, 2.05) is 13.8 Å². The van der Waals surface area contributed by atoms with Gasteiger partial charge in [0.05, 0.1) is 12.2 Å². The van der Waals surface area contributed by atoms with Crippen molar-refractivity contribution in [1.29, 1.82) is 0 Å². The first-order chi connectivity index (χ1) is 3.60. The Hall–Kier alpha value is -0.570. The van der Waals surface area contributed by atoms with Crippen molar-refractivity contribution in [2.75, 3.05) is 6.54 Å². The van der Waals surface area contributed by atoms with E-state index in [-0.39, 0.29) is 11.6 Å². The average molecular weight is 114 g/mol. The van der Waals surface area contributed by atoms with E-state index in [1.54, 1.807) is 0 Å². The molecule has 0 aromatic carbocycles. The average Bonchev–Trinajstić information content (AvgIpc) is 1.82. The molecule has 0 bridgehead atoms. The topological polar surface area (TPSA) is 41.1 Å². The van der Waals surface area contributed by atoms with Gasteiger partial charge >= 0.3 is 0 Å². The molecule has 3 nitrogen and oxygen atoms in total. The third kappa shape index (κ3) is 0.980. The largest absolute Gasteiger partial charge is 0.337 e. The summed E-state index contributed by atoms with van der Waals surface area (Å²) in [4.78, 5) is 10.5. The zero-order valence-corrected chi connectivity index (χ0v) is 5.12. The number of hydrogen-bond acceptors (Lipinski definition) is 2. The lowest BCUT2D eigenvalue weighted by atomic mass is 10.3. The summed E-state index contributed by atoms with van der Waals surface area (Å²) in [6.45, 7) is 4.31. The monoisotopic (exact) mass is 114 g/mol. The predicted molar refractivity (Wildman–Crippen MR) is 30.2 cm³/mol. The van der Waals surface area contributed by atoms with Crippen molar-refractivity contribution >= 4 is 5.91 Å². The van der Waals surface area contributed by atoms with E-state index in [2.05, 4.69) is 10.6 Å². The van der Waals surface area contributed by atoms with E-state index in [0.29, 0.717) is 6.54 Å². The summed E-state index contributed by atoms with van der Waals surface area (Å²) in [7, 11) is 0. The molecular formula is C5H10N2O. The molecule has 0 radical (unpaired) electrons. The van der Waals surface area contributed by atoms with Crippen molar-refractivity contribution in [1.82, 2.24) is 10.6 Å². The van der Waals surface area contributed by atoms with Crippen LogP contribution in [-0.2, 0) is 4.79 Å². The Morgan fingerprint density at radius 3 is 2.38 bits per heavy atom. The summed E-state index contributed by atoms with van der Waals surface area (Å²) in [5, 5.41) is 5.73. The number of nitrogens with one attached hydrogen (secondary N) is 2. The number of carbonyl (C=O) groups excluding carboxylic acids is 1. The highest BCUT2D eigenvalue weighted by Gasteiger charge is 2.26. The zero-order chi connectivity index (χ0) is 6.20. The summed E-state index contributed by atoms with van der Waals surface area (Å²) in [5.74, 6) is 0.0787. The Morgan fingerprint density at radius 1 is 1.62 bits per heavy atom. The lowest BCUT2D eigenvalue weighted by Gasteiger charge is -2.16. The fraction of sp³-hybridized carbons (Fsp3) is 0.800. The van der Waals surface area contributed by atoms with E-state index in [0.717, 1.165) is 0 Å². The minimum atomic E-state index is -0.183. The second-order valence-electron chi connectivity index (χ2n) is 2.53. The van der Waals surface area contributed by atoms with Crippen LogP contribution in [0.2, 0.25) is 0 Å². The van der Waals surface area contributed by atoms with Gasteiger partial charge in [-0.1, -0.05) is 0 Å². The molecule has 0 unspecified atom stereocenters. The van der Waals surface area contributed by atoms with Crippen molar-refractivity contribution in [3.63, 3.8) is 0 Å². The quantitative estimate of drug-likeness (QED) is 0.443. The number of rotatable bonds is 0. The summed E-state index contributed by atoms with van der Waals surface area (Å²) in [6, 6.07) is 0. The first-order valence-electron chi connectivity index (χ1n) is 2.66. The molecule has 1 heterocycles. The maximum atomic E-state index is 10.5. The second-order valence-corrected chi connectivity index (χ2v) is 2.53. The number of hydrogen-bond donors (Lipinski definition) is 2. The van der Waals surface area contributed by atoms with Gasteiger partial charge in [0.2, 0.25) is 5.91 Å². The SMILES string of the molecule is CC1(C)NCC(=O)N1. The highest BCUT2D eigenvalue weighted by atomic mass is 16.2. The molecule has 3 heteroatoms. The molecule has 0 atom stereocenters. The summed E-state index contributed by atoms with van der Waals surface area (Å²) in [5.41, 5.74) is -0.183. The minimum Gasteiger partial charge on any atom is -0.337 e. The van der Waals surface area contributed by atoms with Gasteiger partial charge in [-0.25, -0.2) is 0 Å². The molecule has 1 aliphatic heterocycles. The minimum absolute atomic E-state index is 0.0787. The maximum Gasteiger partial charge on any atom is 0.235 e. The third-order valence-corrected chi connectivity index (χ3v) is 1.14.